The van der Waals surface area contributed by atoms with E-state index in [-0.39, 0.29) is 17.8 Å². The molecule has 1 aromatic heterocycles. The fourth-order valence-electron chi connectivity index (χ4n) is 4.17. The maximum atomic E-state index is 12.8. The minimum atomic E-state index is -1.01. The van der Waals surface area contributed by atoms with Crippen molar-refractivity contribution in [3.05, 3.63) is 117 Å². The van der Waals surface area contributed by atoms with Crippen molar-refractivity contribution in [1.29, 1.82) is 0 Å². The van der Waals surface area contributed by atoms with Crippen LogP contribution >= 0.6 is 0 Å². The lowest BCUT2D eigenvalue weighted by Crippen LogP contribution is -2.39. The number of carboxylic acid groups (broad SMARTS) is 1. The van der Waals surface area contributed by atoms with Gasteiger partial charge < -0.3 is 5.11 Å². The van der Waals surface area contributed by atoms with Crippen molar-refractivity contribution >= 4 is 22.6 Å². The first-order valence-corrected chi connectivity index (χ1v) is 11.6. The Hall–Kier alpha value is -4.26. The van der Waals surface area contributed by atoms with E-state index in [1.54, 1.807) is 31.3 Å². The molecule has 1 N–H and O–H groups in total. The van der Waals surface area contributed by atoms with E-state index in [1.807, 2.05) is 60.7 Å². The molecule has 35 heavy (non-hydrogen) atoms. The zero-order valence-corrected chi connectivity index (χ0v) is 19.5. The molecule has 0 saturated carbocycles. The summed E-state index contributed by atoms with van der Waals surface area (Å²) >= 11 is 0. The van der Waals surface area contributed by atoms with E-state index in [0.717, 1.165) is 11.1 Å². The maximum Gasteiger partial charge on any atom is 0.331 e. The van der Waals surface area contributed by atoms with E-state index < -0.39 is 12.0 Å². The van der Waals surface area contributed by atoms with E-state index in [4.69, 9.17) is 0 Å². The van der Waals surface area contributed by atoms with Crippen molar-refractivity contribution in [3.63, 3.8) is 0 Å². The predicted octanol–water partition coefficient (Wildman–Crippen LogP) is 3.86. The Bertz CT molecular complexity index is 1430. The molecule has 0 saturated heterocycles. The maximum absolute atomic E-state index is 12.8. The third kappa shape index (κ3) is 5.30. The molecule has 1 heterocycles. The highest BCUT2D eigenvalue weighted by Crippen LogP contribution is 2.15. The highest BCUT2D eigenvalue weighted by Gasteiger charge is 2.19. The van der Waals surface area contributed by atoms with Crippen LogP contribution in [0.2, 0.25) is 0 Å². The second-order valence-corrected chi connectivity index (χ2v) is 8.38. The highest BCUT2D eigenvalue weighted by molar-refractivity contribution is 6.13. The molecule has 7 nitrogen and oxygen atoms in total. The number of aryl methyl sites for hydroxylation is 1. The Labute approximate surface area is 202 Å². The number of rotatable bonds is 9. The third-order valence-corrected chi connectivity index (χ3v) is 6.03. The standard InChI is InChI=1S/C28H27N3O4/c1-30-24-18-9-8-16-22(24)26(32)31(28(30)35)19-11-10-17-23(27(33)34)29-25(20-12-4-2-5-13-20)21-14-6-3-7-15-21/h2-9,12-16,18,23H,10-11,17,19H2,1H3,(H,33,34). The molecule has 3 aromatic carbocycles. The summed E-state index contributed by atoms with van der Waals surface area (Å²) in [7, 11) is 1.64. The normalized spacial score (nSPS) is 11.8. The van der Waals surface area contributed by atoms with E-state index in [0.29, 0.717) is 35.9 Å². The van der Waals surface area contributed by atoms with Crippen molar-refractivity contribution in [1.82, 2.24) is 9.13 Å². The number of aliphatic imine (C=N–C) groups is 1. The molecule has 0 aliphatic carbocycles. The fourth-order valence-corrected chi connectivity index (χ4v) is 4.17. The van der Waals surface area contributed by atoms with Crippen molar-refractivity contribution < 1.29 is 9.90 Å². The number of hydrogen-bond acceptors (Lipinski definition) is 4. The lowest BCUT2D eigenvalue weighted by molar-refractivity contribution is -0.138. The Morgan fingerprint density at radius 3 is 2.03 bits per heavy atom. The Morgan fingerprint density at radius 1 is 0.857 bits per heavy atom. The minimum Gasteiger partial charge on any atom is -0.480 e. The molecule has 0 spiro atoms. The van der Waals surface area contributed by atoms with Gasteiger partial charge >= 0.3 is 11.7 Å². The molecule has 1 atom stereocenters. The molecule has 7 heteroatoms. The summed E-state index contributed by atoms with van der Waals surface area (Å²) in [6.45, 7) is 0.219. The van der Waals surface area contributed by atoms with Gasteiger partial charge in [0.15, 0.2) is 0 Å². The van der Waals surface area contributed by atoms with Crippen LogP contribution in [0.1, 0.15) is 30.4 Å². The largest absolute Gasteiger partial charge is 0.480 e. The molecule has 0 aliphatic rings. The first-order chi connectivity index (χ1) is 17.0. The lowest BCUT2D eigenvalue weighted by atomic mass is 10.0. The van der Waals surface area contributed by atoms with Crippen LogP contribution in [0.4, 0.5) is 0 Å². The van der Waals surface area contributed by atoms with Gasteiger partial charge in [-0.1, -0.05) is 72.8 Å². The van der Waals surface area contributed by atoms with E-state index in [9.17, 15) is 19.5 Å². The van der Waals surface area contributed by atoms with Crippen LogP contribution in [0.3, 0.4) is 0 Å². The molecule has 1 unspecified atom stereocenters. The number of unbranched alkanes of at least 4 members (excludes halogenated alkanes) is 1. The highest BCUT2D eigenvalue weighted by atomic mass is 16.4. The summed E-state index contributed by atoms with van der Waals surface area (Å²) in [5.74, 6) is -1.01. The van der Waals surface area contributed by atoms with E-state index in [2.05, 4.69) is 4.99 Å². The number of benzene rings is 3. The number of carboxylic acids is 1. The molecule has 0 bridgehead atoms. The second-order valence-electron chi connectivity index (χ2n) is 8.38. The van der Waals surface area contributed by atoms with Gasteiger partial charge in [-0.3, -0.25) is 18.9 Å². The molecule has 0 radical (unpaired) electrons. The van der Waals surface area contributed by atoms with E-state index >= 15 is 0 Å². The molecule has 0 aliphatic heterocycles. The average Bonchev–Trinajstić information content (AvgIpc) is 2.89. The van der Waals surface area contributed by atoms with Crippen LogP contribution < -0.4 is 11.2 Å². The summed E-state index contributed by atoms with van der Waals surface area (Å²) < 4.78 is 2.69. The topological polar surface area (TPSA) is 93.7 Å². The van der Waals surface area contributed by atoms with Gasteiger partial charge in [0.05, 0.1) is 16.6 Å². The molecule has 0 amide bonds. The van der Waals surface area contributed by atoms with Gasteiger partial charge in [-0.15, -0.1) is 0 Å². The number of carbonyl (C=O) groups is 1. The van der Waals surface area contributed by atoms with E-state index in [1.165, 1.54) is 9.13 Å². The van der Waals surface area contributed by atoms with Gasteiger partial charge in [0.2, 0.25) is 0 Å². The smallest absolute Gasteiger partial charge is 0.331 e. The van der Waals surface area contributed by atoms with Crippen molar-refractivity contribution in [2.24, 2.45) is 12.0 Å². The lowest BCUT2D eigenvalue weighted by Gasteiger charge is -2.14. The summed E-state index contributed by atoms with van der Waals surface area (Å²) in [5.41, 5.74) is 2.20. The number of para-hydroxylation sites is 1. The number of nitrogens with zero attached hydrogens (tertiary/aromatic N) is 3. The fraction of sp³-hybridized carbons (Fsp3) is 0.214. The molecule has 0 fully saturated rings. The van der Waals surface area contributed by atoms with Crippen LogP contribution in [0.25, 0.3) is 10.9 Å². The van der Waals surface area contributed by atoms with Crippen LogP contribution in [-0.4, -0.2) is 32.0 Å². The summed E-state index contributed by atoms with van der Waals surface area (Å²) in [6, 6.07) is 25.1. The number of aliphatic carboxylic acids is 1. The van der Waals surface area contributed by atoms with Gasteiger partial charge in [-0.2, -0.15) is 0 Å². The zero-order valence-electron chi connectivity index (χ0n) is 19.5. The quantitative estimate of drug-likeness (QED) is 0.298. The Morgan fingerprint density at radius 2 is 1.43 bits per heavy atom. The van der Waals surface area contributed by atoms with Gasteiger partial charge in [-0.05, 0) is 31.4 Å². The summed E-state index contributed by atoms with van der Waals surface area (Å²) in [6.07, 6.45) is 1.28. The molecule has 4 aromatic rings. The van der Waals surface area contributed by atoms with Crippen molar-refractivity contribution in [3.8, 4) is 0 Å². The Kier molecular flexibility index (Phi) is 7.35. The van der Waals surface area contributed by atoms with Gasteiger partial charge in [0.1, 0.15) is 6.04 Å². The summed E-state index contributed by atoms with van der Waals surface area (Å²) in [5, 5.41) is 10.3. The van der Waals surface area contributed by atoms with Crippen LogP contribution in [0.15, 0.2) is 99.5 Å². The molecule has 178 valence electrons. The molecule has 4 rings (SSSR count). The van der Waals surface area contributed by atoms with Gasteiger partial charge in [0.25, 0.3) is 5.56 Å². The van der Waals surface area contributed by atoms with Crippen molar-refractivity contribution in [2.75, 3.05) is 0 Å². The zero-order chi connectivity index (χ0) is 24.8. The van der Waals surface area contributed by atoms with Gasteiger partial charge in [-0.25, -0.2) is 9.59 Å². The monoisotopic (exact) mass is 469 g/mol. The minimum absolute atomic E-state index is 0.219. The van der Waals surface area contributed by atoms with Crippen molar-refractivity contribution in [2.45, 2.75) is 31.8 Å². The van der Waals surface area contributed by atoms with Crippen LogP contribution in [-0.2, 0) is 18.4 Å². The first kappa shape index (κ1) is 23.9. The molecular weight excluding hydrogens is 442 g/mol. The third-order valence-electron chi connectivity index (χ3n) is 6.03. The Balaban J connectivity index is 1.53. The van der Waals surface area contributed by atoms with Crippen LogP contribution in [0.5, 0.6) is 0 Å². The molecular formula is C28H27N3O4. The predicted molar refractivity (Wildman–Crippen MR) is 137 cm³/mol. The van der Waals surface area contributed by atoms with Gasteiger partial charge in [0, 0.05) is 24.7 Å². The average molecular weight is 470 g/mol. The second kappa shape index (κ2) is 10.8. The number of aromatic nitrogens is 2. The SMILES string of the molecule is Cn1c(=O)n(CCCCC(N=C(c2ccccc2)c2ccccc2)C(=O)O)c(=O)c2ccccc21. The van der Waals surface area contributed by atoms with Crippen LogP contribution in [0, 0.1) is 0 Å². The number of fused-ring (bicyclic) bond motifs is 1. The first-order valence-electron chi connectivity index (χ1n) is 11.6. The number of hydrogen-bond donors (Lipinski definition) is 1. The summed E-state index contributed by atoms with van der Waals surface area (Å²) in [4.78, 5) is 42.2.